The van der Waals surface area contributed by atoms with Crippen molar-refractivity contribution in [2.45, 2.75) is 32.7 Å². The Morgan fingerprint density at radius 3 is 2.93 bits per heavy atom. The van der Waals surface area contributed by atoms with Crippen molar-refractivity contribution in [1.29, 1.82) is 0 Å². The van der Waals surface area contributed by atoms with Gasteiger partial charge in [0.05, 0.1) is 0 Å². The highest BCUT2D eigenvalue weighted by Crippen LogP contribution is 2.14. The topological polar surface area (TPSA) is 38.5 Å². The summed E-state index contributed by atoms with van der Waals surface area (Å²) >= 11 is 0. The van der Waals surface area contributed by atoms with E-state index in [0.29, 0.717) is 12.0 Å². The molecule has 0 aromatic heterocycles. The first-order valence-corrected chi connectivity index (χ1v) is 5.79. The maximum absolute atomic E-state index is 5.97. The van der Waals surface area contributed by atoms with Crippen molar-refractivity contribution in [1.82, 2.24) is 4.90 Å². The fraction of sp³-hybridized carbons (Fsp3) is 1.00. The van der Waals surface area contributed by atoms with Gasteiger partial charge in [-0.15, -0.1) is 0 Å². The van der Waals surface area contributed by atoms with E-state index < -0.39 is 0 Å². The minimum Gasteiger partial charge on any atom is -0.382 e. The Morgan fingerprint density at radius 1 is 1.50 bits per heavy atom. The highest BCUT2D eigenvalue weighted by molar-refractivity contribution is 4.79. The average molecular weight is 200 g/mol. The lowest BCUT2D eigenvalue weighted by atomic mass is 9.95. The van der Waals surface area contributed by atoms with E-state index >= 15 is 0 Å². The molecule has 84 valence electrons. The first-order valence-electron chi connectivity index (χ1n) is 5.79. The van der Waals surface area contributed by atoms with E-state index in [1.807, 2.05) is 6.92 Å². The van der Waals surface area contributed by atoms with Gasteiger partial charge in [0.25, 0.3) is 0 Å². The Morgan fingerprint density at radius 2 is 2.29 bits per heavy atom. The largest absolute Gasteiger partial charge is 0.382 e. The molecule has 0 aliphatic carbocycles. The van der Waals surface area contributed by atoms with E-state index in [-0.39, 0.29) is 0 Å². The fourth-order valence-electron chi connectivity index (χ4n) is 1.99. The first kappa shape index (κ1) is 12.0. The number of ether oxygens (including phenoxy) is 1. The van der Waals surface area contributed by atoms with Crippen LogP contribution in [0.3, 0.4) is 0 Å². The number of nitrogens with zero attached hydrogens (tertiary/aromatic N) is 1. The van der Waals surface area contributed by atoms with Gasteiger partial charge in [0.2, 0.25) is 0 Å². The van der Waals surface area contributed by atoms with E-state index in [0.717, 1.165) is 45.7 Å². The zero-order valence-electron chi connectivity index (χ0n) is 9.54. The number of hydrogen-bond donors (Lipinski definition) is 1. The molecule has 0 radical (unpaired) electrons. The van der Waals surface area contributed by atoms with Crippen LogP contribution in [0.2, 0.25) is 0 Å². The van der Waals surface area contributed by atoms with Gasteiger partial charge in [-0.25, -0.2) is 0 Å². The molecule has 2 unspecified atom stereocenters. The molecule has 1 rings (SSSR count). The lowest BCUT2D eigenvalue weighted by Gasteiger charge is -2.35. The summed E-state index contributed by atoms with van der Waals surface area (Å²) in [4.78, 5) is 2.51. The standard InChI is InChI=1S/C11H24N2O/c1-3-14-8-4-6-13-7-5-11(12)10(2)9-13/h10-11H,3-9,12H2,1-2H3. The van der Waals surface area contributed by atoms with E-state index in [4.69, 9.17) is 10.5 Å². The van der Waals surface area contributed by atoms with Crippen molar-refractivity contribution in [2.24, 2.45) is 11.7 Å². The minimum atomic E-state index is 0.415. The summed E-state index contributed by atoms with van der Waals surface area (Å²) in [6.45, 7) is 9.51. The van der Waals surface area contributed by atoms with Crippen LogP contribution in [0.4, 0.5) is 0 Å². The van der Waals surface area contributed by atoms with Crippen LogP contribution >= 0.6 is 0 Å². The molecule has 0 aromatic rings. The second-order valence-corrected chi connectivity index (χ2v) is 4.28. The lowest BCUT2D eigenvalue weighted by Crippen LogP contribution is -2.46. The van der Waals surface area contributed by atoms with Crippen LogP contribution in [0.25, 0.3) is 0 Å². The molecule has 1 heterocycles. The van der Waals surface area contributed by atoms with Crippen LogP contribution in [0.1, 0.15) is 26.7 Å². The first-order chi connectivity index (χ1) is 6.74. The monoisotopic (exact) mass is 200 g/mol. The second-order valence-electron chi connectivity index (χ2n) is 4.28. The minimum absolute atomic E-state index is 0.415. The summed E-state index contributed by atoms with van der Waals surface area (Å²) in [5.74, 6) is 0.649. The van der Waals surface area contributed by atoms with Crippen LogP contribution in [0.15, 0.2) is 0 Å². The van der Waals surface area contributed by atoms with Crippen molar-refractivity contribution >= 4 is 0 Å². The van der Waals surface area contributed by atoms with Crippen molar-refractivity contribution in [3.05, 3.63) is 0 Å². The van der Waals surface area contributed by atoms with Gasteiger partial charge in [0, 0.05) is 32.3 Å². The number of hydrogen-bond acceptors (Lipinski definition) is 3. The summed E-state index contributed by atoms with van der Waals surface area (Å²) in [6.07, 6.45) is 2.30. The molecule has 0 bridgehead atoms. The summed E-state index contributed by atoms with van der Waals surface area (Å²) in [7, 11) is 0. The third-order valence-corrected chi connectivity index (χ3v) is 3.02. The third kappa shape index (κ3) is 3.95. The van der Waals surface area contributed by atoms with Crippen LogP contribution in [0, 0.1) is 5.92 Å². The Bertz CT molecular complexity index is 152. The van der Waals surface area contributed by atoms with E-state index in [1.54, 1.807) is 0 Å². The molecule has 1 aliphatic rings. The van der Waals surface area contributed by atoms with Gasteiger partial charge in [-0.1, -0.05) is 6.92 Å². The smallest absolute Gasteiger partial charge is 0.0478 e. The van der Waals surface area contributed by atoms with Crippen molar-refractivity contribution in [2.75, 3.05) is 32.8 Å². The quantitative estimate of drug-likeness (QED) is 0.675. The second kappa shape index (κ2) is 6.38. The highest BCUT2D eigenvalue weighted by atomic mass is 16.5. The SMILES string of the molecule is CCOCCCN1CCC(N)C(C)C1. The van der Waals surface area contributed by atoms with Gasteiger partial charge in [0.1, 0.15) is 0 Å². The molecule has 1 fully saturated rings. The number of nitrogens with two attached hydrogens (primary N) is 1. The summed E-state index contributed by atoms with van der Waals surface area (Å²) in [6, 6.07) is 0.415. The van der Waals surface area contributed by atoms with Crippen molar-refractivity contribution in [3.8, 4) is 0 Å². The maximum atomic E-state index is 5.97. The number of likely N-dealkylation sites (tertiary alicyclic amines) is 1. The summed E-state index contributed by atoms with van der Waals surface area (Å²) in [5, 5.41) is 0. The summed E-state index contributed by atoms with van der Waals surface area (Å²) < 4.78 is 5.32. The zero-order chi connectivity index (χ0) is 10.4. The zero-order valence-corrected chi connectivity index (χ0v) is 9.54. The van der Waals surface area contributed by atoms with Gasteiger partial charge < -0.3 is 15.4 Å². The van der Waals surface area contributed by atoms with Gasteiger partial charge in [-0.3, -0.25) is 0 Å². The predicted octanol–water partition coefficient (Wildman–Crippen LogP) is 1.08. The molecular formula is C11H24N2O. The van der Waals surface area contributed by atoms with Gasteiger partial charge in [-0.05, 0) is 32.2 Å². The van der Waals surface area contributed by atoms with Crippen molar-refractivity contribution in [3.63, 3.8) is 0 Å². The molecule has 0 saturated carbocycles. The lowest BCUT2D eigenvalue weighted by molar-refractivity contribution is 0.115. The molecule has 2 N–H and O–H groups in total. The molecule has 3 heteroatoms. The predicted molar refractivity (Wildman–Crippen MR) is 59.3 cm³/mol. The van der Waals surface area contributed by atoms with E-state index in [2.05, 4.69) is 11.8 Å². The fourth-order valence-corrected chi connectivity index (χ4v) is 1.99. The Labute approximate surface area is 87.6 Å². The third-order valence-electron chi connectivity index (χ3n) is 3.02. The Balaban J connectivity index is 2.07. The molecule has 1 aliphatic heterocycles. The normalized spacial score (nSPS) is 29.4. The van der Waals surface area contributed by atoms with E-state index in [9.17, 15) is 0 Å². The maximum Gasteiger partial charge on any atom is 0.0478 e. The molecule has 0 aromatic carbocycles. The average Bonchev–Trinajstić information content (AvgIpc) is 2.18. The van der Waals surface area contributed by atoms with Crippen LogP contribution < -0.4 is 5.73 Å². The highest BCUT2D eigenvalue weighted by Gasteiger charge is 2.22. The molecule has 1 saturated heterocycles. The molecule has 0 spiro atoms. The molecule has 3 nitrogen and oxygen atoms in total. The van der Waals surface area contributed by atoms with Crippen molar-refractivity contribution < 1.29 is 4.74 Å². The van der Waals surface area contributed by atoms with E-state index in [1.165, 1.54) is 0 Å². The summed E-state index contributed by atoms with van der Waals surface area (Å²) in [5.41, 5.74) is 5.97. The van der Waals surface area contributed by atoms with Crippen LogP contribution in [-0.2, 0) is 4.74 Å². The molecule has 14 heavy (non-hydrogen) atoms. The number of rotatable bonds is 5. The van der Waals surface area contributed by atoms with Crippen LogP contribution in [-0.4, -0.2) is 43.8 Å². The molecular weight excluding hydrogens is 176 g/mol. The van der Waals surface area contributed by atoms with Gasteiger partial charge in [0.15, 0.2) is 0 Å². The van der Waals surface area contributed by atoms with Crippen LogP contribution in [0.5, 0.6) is 0 Å². The Kier molecular flexibility index (Phi) is 5.45. The van der Waals surface area contributed by atoms with Gasteiger partial charge in [-0.2, -0.15) is 0 Å². The number of piperidine rings is 1. The Hall–Kier alpha value is -0.120. The molecule has 2 atom stereocenters. The molecule has 0 amide bonds. The van der Waals surface area contributed by atoms with Gasteiger partial charge >= 0.3 is 0 Å².